The Morgan fingerprint density at radius 3 is 2.38 bits per heavy atom. The van der Waals surface area contributed by atoms with E-state index in [-0.39, 0.29) is 10.6 Å². The lowest BCUT2D eigenvalue weighted by molar-refractivity contribution is 0.602. The lowest BCUT2D eigenvalue weighted by atomic mass is 10.1. The van der Waals surface area contributed by atoms with Gasteiger partial charge < -0.3 is 0 Å². The van der Waals surface area contributed by atoms with Crippen molar-refractivity contribution < 1.29 is 12.8 Å². The second kappa shape index (κ2) is 5.18. The van der Waals surface area contributed by atoms with E-state index in [1.165, 1.54) is 24.3 Å². The molecule has 3 aromatic carbocycles. The Morgan fingerprint density at radius 2 is 1.57 bits per heavy atom. The Labute approximate surface area is 122 Å². The summed E-state index contributed by atoms with van der Waals surface area (Å²) in [6, 6.07) is 17.6. The molecule has 0 aliphatic rings. The molecule has 0 spiro atoms. The van der Waals surface area contributed by atoms with Crippen LogP contribution in [0.4, 0.5) is 10.1 Å². The second-order valence-electron chi connectivity index (χ2n) is 4.59. The SMILES string of the molecule is O=S(=O)(Nc1cccc(F)c1)c1cccc2ccccc12. The largest absolute Gasteiger partial charge is 0.280 e. The summed E-state index contributed by atoms with van der Waals surface area (Å²) in [4.78, 5) is 0.171. The molecule has 0 aliphatic carbocycles. The third-order valence-corrected chi connectivity index (χ3v) is 4.56. The van der Waals surface area contributed by atoms with Crippen LogP contribution in [0.2, 0.25) is 0 Å². The molecular weight excluding hydrogens is 289 g/mol. The van der Waals surface area contributed by atoms with E-state index in [1.807, 2.05) is 18.2 Å². The van der Waals surface area contributed by atoms with Gasteiger partial charge in [-0.1, -0.05) is 42.5 Å². The molecule has 3 nitrogen and oxygen atoms in total. The Morgan fingerprint density at radius 1 is 0.857 bits per heavy atom. The minimum Gasteiger partial charge on any atom is -0.280 e. The van der Waals surface area contributed by atoms with Crippen LogP contribution in [-0.2, 0) is 10.0 Å². The topological polar surface area (TPSA) is 46.2 Å². The molecular formula is C16H12FNO2S. The number of anilines is 1. The van der Waals surface area contributed by atoms with Gasteiger partial charge in [0.25, 0.3) is 10.0 Å². The zero-order chi connectivity index (χ0) is 14.9. The predicted octanol–water partition coefficient (Wildman–Crippen LogP) is 3.78. The maximum absolute atomic E-state index is 13.2. The summed E-state index contributed by atoms with van der Waals surface area (Å²) in [7, 11) is -3.77. The summed E-state index contributed by atoms with van der Waals surface area (Å²) < 4.78 is 40.5. The maximum atomic E-state index is 13.2. The number of benzene rings is 3. The number of sulfonamides is 1. The zero-order valence-electron chi connectivity index (χ0n) is 11.0. The summed E-state index contributed by atoms with van der Waals surface area (Å²) >= 11 is 0. The number of hydrogen-bond acceptors (Lipinski definition) is 2. The first kappa shape index (κ1) is 13.6. The molecule has 3 rings (SSSR count). The molecule has 0 heterocycles. The standard InChI is InChI=1S/C16H12FNO2S/c17-13-7-4-8-14(11-13)18-21(19,20)16-10-3-6-12-5-1-2-9-15(12)16/h1-11,18H. The van der Waals surface area contributed by atoms with Crippen molar-refractivity contribution in [3.05, 3.63) is 72.5 Å². The molecule has 0 atom stereocenters. The first-order valence-corrected chi connectivity index (χ1v) is 7.81. The van der Waals surface area contributed by atoms with Crippen LogP contribution in [0.15, 0.2) is 71.6 Å². The van der Waals surface area contributed by atoms with Crippen molar-refractivity contribution in [3.8, 4) is 0 Å². The van der Waals surface area contributed by atoms with E-state index in [0.29, 0.717) is 5.39 Å². The molecule has 0 bridgehead atoms. The van der Waals surface area contributed by atoms with Gasteiger partial charge in [-0.3, -0.25) is 4.72 Å². The van der Waals surface area contributed by atoms with E-state index in [1.54, 1.807) is 18.2 Å². The minimum atomic E-state index is -3.77. The predicted molar refractivity (Wildman–Crippen MR) is 81.2 cm³/mol. The summed E-state index contributed by atoms with van der Waals surface area (Å²) in [6.45, 7) is 0. The fourth-order valence-electron chi connectivity index (χ4n) is 2.19. The van der Waals surface area contributed by atoms with Crippen LogP contribution in [0.5, 0.6) is 0 Å². The van der Waals surface area contributed by atoms with Gasteiger partial charge in [0.15, 0.2) is 0 Å². The molecule has 0 unspecified atom stereocenters. The number of nitrogens with one attached hydrogen (secondary N) is 1. The fourth-order valence-corrected chi connectivity index (χ4v) is 3.47. The molecule has 21 heavy (non-hydrogen) atoms. The lowest BCUT2D eigenvalue weighted by Gasteiger charge is -2.10. The van der Waals surface area contributed by atoms with Crippen molar-refractivity contribution in [2.75, 3.05) is 4.72 Å². The highest BCUT2D eigenvalue weighted by molar-refractivity contribution is 7.93. The van der Waals surface area contributed by atoms with Crippen LogP contribution in [0.3, 0.4) is 0 Å². The van der Waals surface area contributed by atoms with Gasteiger partial charge in [0, 0.05) is 5.39 Å². The Kier molecular flexibility index (Phi) is 3.35. The van der Waals surface area contributed by atoms with Crippen molar-refractivity contribution in [2.24, 2.45) is 0 Å². The van der Waals surface area contributed by atoms with Gasteiger partial charge in [0.1, 0.15) is 5.82 Å². The molecule has 0 radical (unpaired) electrons. The van der Waals surface area contributed by atoms with Gasteiger partial charge in [-0.25, -0.2) is 12.8 Å². The Bertz CT molecular complexity index is 902. The third-order valence-electron chi connectivity index (χ3n) is 3.12. The van der Waals surface area contributed by atoms with Crippen LogP contribution >= 0.6 is 0 Å². The second-order valence-corrected chi connectivity index (χ2v) is 6.24. The van der Waals surface area contributed by atoms with Gasteiger partial charge in [-0.2, -0.15) is 0 Å². The minimum absolute atomic E-state index is 0.171. The van der Waals surface area contributed by atoms with Gasteiger partial charge in [-0.05, 0) is 29.7 Å². The first-order chi connectivity index (χ1) is 10.1. The van der Waals surface area contributed by atoms with Crippen LogP contribution < -0.4 is 4.72 Å². The number of fused-ring (bicyclic) bond motifs is 1. The van der Waals surface area contributed by atoms with Gasteiger partial charge in [0.05, 0.1) is 10.6 Å². The highest BCUT2D eigenvalue weighted by atomic mass is 32.2. The van der Waals surface area contributed by atoms with Crippen molar-refractivity contribution in [1.82, 2.24) is 0 Å². The quantitative estimate of drug-likeness (QED) is 0.800. The van der Waals surface area contributed by atoms with Crippen LogP contribution in [0, 0.1) is 5.82 Å². The first-order valence-electron chi connectivity index (χ1n) is 6.32. The third kappa shape index (κ3) is 2.73. The van der Waals surface area contributed by atoms with E-state index >= 15 is 0 Å². The van der Waals surface area contributed by atoms with Gasteiger partial charge in [0.2, 0.25) is 0 Å². The summed E-state index contributed by atoms with van der Waals surface area (Å²) in [5.41, 5.74) is 0.197. The normalized spacial score (nSPS) is 11.5. The average molecular weight is 301 g/mol. The fraction of sp³-hybridized carbons (Fsp3) is 0. The van der Waals surface area contributed by atoms with E-state index in [9.17, 15) is 12.8 Å². The number of hydrogen-bond donors (Lipinski definition) is 1. The molecule has 0 aliphatic heterocycles. The Hall–Kier alpha value is -2.40. The molecule has 0 aromatic heterocycles. The van der Waals surface area contributed by atoms with Crippen LogP contribution in [0.1, 0.15) is 0 Å². The molecule has 0 saturated carbocycles. The summed E-state index contributed by atoms with van der Waals surface area (Å²) in [5, 5.41) is 1.46. The number of rotatable bonds is 3. The molecule has 0 amide bonds. The Balaban J connectivity index is 2.09. The molecule has 5 heteroatoms. The highest BCUT2D eigenvalue weighted by Gasteiger charge is 2.17. The van der Waals surface area contributed by atoms with E-state index in [4.69, 9.17) is 0 Å². The molecule has 1 N–H and O–H groups in total. The summed E-state index contributed by atoms with van der Waals surface area (Å²) in [6.07, 6.45) is 0. The van der Waals surface area contributed by atoms with E-state index in [2.05, 4.69) is 4.72 Å². The van der Waals surface area contributed by atoms with E-state index in [0.717, 1.165) is 11.5 Å². The van der Waals surface area contributed by atoms with Crippen molar-refractivity contribution in [1.29, 1.82) is 0 Å². The zero-order valence-corrected chi connectivity index (χ0v) is 11.8. The van der Waals surface area contributed by atoms with Crippen molar-refractivity contribution in [2.45, 2.75) is 4.90 Å². The maximum Gasteiger partial charge on any atom is 0.262 e. The van der Waals surface area contributed by atoms with Crippen molar-refractivity contribution in [3.63, 3.8) is 0 Å². The van der Waals surface area contributed by atoms with Crippen molar-refractivity contribution >= 4 is 26.5 Å². The molecule has 0 fully saturated rings. The smallest absolute Gasteiger partial charge is 0.262 e. The monoisotopic (exact) mass is 301 g/mol. The van der Waals surface area contributed by atoms with Gasteiger partial charge >= 0.3 is 0 Å². The highest BCUT2D eigenvalue weighted by Crippen LogP contribution is 2.24. The molecule has 0 saturated heterocycles. The van der Waals surface area contributed by atoms with E-state index < -0.39 is 15.8 Å². The lowest BCUT2D eigenvalue weighted by Crippen LogP contribution is -2.13. The van der Waals surface area contributed by atoms with Crippen LogP contribution in [0.25, 0.3) is 10.8 Å². The average Bonchev–Trinajstić information content (AvgIpc) is 2.46. The molecule has 106 valence electrons. The molecule has 3 aromatic rings. The summed E-state index contributed by atoms with van der Waals surface area (Å²) in [5.74, 6) is -0.492. The number of halogens is 1. The van der Waals surface area contributed by atoms with Gasteiger partial charge in [-0.15, -0.1) is 0 Å². The van der Waals surface area contributed by atoms with Crippen LogP contribution in [-0.4, -0.2) is 8.42 Å².